The molecule has 0 bridgehead atoms. The van der Waals surface area contributed by atoms with Gasteiger partial charge in [0.05, 0.1) is 10.2 Å². The molecule has 0 fully saturated rings. The van der Waals surface area contributed by atoms with Gasteiger partial charge in [0.15, 0.2) is 5.13 Å². The van der Waals surface area contributed by atoms with Gasteiger partial charge in [-0.3, -0.25) is 10.1 Å². The van der Waals surface area contributed by atoms with Crippen molar-refractivity contribution in [1.82, 2.24) is 4.98 Å². The number of hydrogen-bond acceptors (Lipinski definition) is 3. The molecule has 0 saturated heterocycles. The molecule has 4 aromatic rings. The fourth-order valence-electron chi connectivity index (χ4n) is 2.74. The van der Waals surface area contributed by atoms with Gasteiger partial charge in [0, 0.05) is 15.1 Å². The van der Waals surface area contributed by atoms with E-state index in [9.17, 15) is 4.79 Å². The summed E-state index contributed by atoms with van der Waals surface area (Å²) in [6, 6.07) is 15.3. The van der Waals surface area contributed by atoms with Crippen LogP contribution in [0.5, 0.6) is 0 Å². The summed E-state index contributed by atoms with van der Waals surface area (Å²) < 4.78 is 1.96. The Morgan fingerprint density at radius 1 is 1.16 bits per heavy atom. The van der Waals surface area contributed by atoms with Crippen LogP contribution in [-0.4, -0.2) is 10.9 Å². The third kappa shape index (κ3) is 3.03. The number of benzene rings is 3. The number of nitrogens with zero attached hydrogens (tertiary/aromatic N) is 1. The fourth-order valence-corrected chi connectivity index (χ4v) is 4.33. The number of aromatic nitrogens is 1. The smallest absolute Gasteiger partial charge is 0.258 e. The summed E-state index contributed by atoms with van der Waals surface area (Å²) in [7, 11) is 0. The van der Waals surface area contributed by atoms with Crippen molar-refractivity contribution in [2.24, 2.45) is 0 Å². The van der Waals surface area contributed by atoms with E-state index >= 15 is 0 Å². The van der Waals surface area contributed by atoms with E-state index in [4.69, 9.17) is 11.6 Å². The highest BCUT2D eigenvalue weighted by atomic mass is 79.9. The maximum absolute atomic E-state index is 12.8. The van der Waals surface area contributed by atoms with Crippen LogP contribution >= 0.6 is 38.9 Å². The normalized spacial score (nSPS) is 11.2. The van der Waals surface area contributed by atoms with Gasteiger partial charge in [-0.2, -0.15) is 0 Å². The van der Waals surface area contributed by atoms with Crippen molar-refractivity contribution >= 4 is 70.9 Å². The van der Waals surface area contributed by atoms with Crippen LogP contribution in [-0.2, 0) is 0 Å². The standard InChI is InChI=1S/C19H12BrClN2OS/c1-10-8-17-16(9-15(10)21)22-19(25-17)23-18(24)13-6-2-5-12-11(13)4-3-7-14(12)20/h2-9H,1H3,(H,22,23,24). The molecule has 3 aromatic carbocycles. The maximum atomic E-state index is 12.8. The predicted octanol–water partition coefficient (Wildman–Crippen LogP) is 6.43. The number of anilines is 1. The molecule has 0 aliphatic heterocycles. The Hall–Kier alpha value is -1.95. The summed E-state index contributed by atoms with van der Waals surface area (Å²) in [6.07, 6.45) is 0. The van der Waals surface area contributed by atoms with E-state index in [1.54, 1.807) is 0 Å². The van der Waals surface area contributed by atoms with E-state index in [0.717, 1.165) is 31.0 Å². The Morgan fingerprint density at radius 2 is 1.92 bits per heavy atom. The lowest BCUT2D eigenvalue weighted by molar-refractivity contribution is 0.102. The number of halogens is 2. The van der Waals surface area contributed by atoms with Crippen molar-refractivity contribution < 1.29 is 4.79 Å². The summed E-state index contributed by atoms with van der Waals surface area (Å²) >= 11 is 11.1. The number of carbonyl (C=O) groups excluding carboxylic acids is 1. The second kappa shape index (κ2) is 6.41. The zero-order chi connectivity index (χ0) is 17.6. The molecular formula is C19H12BrClN2OS. The van der Waals surface area contributed by atoms with Crippen LogP contribution in [0.25, 0.3) is 21.0 Å². The van der Waals surface area contributed by atoms with Crippen LogP contribution in [0.15, 0.2) is 53.0 Å². The summed E-state index contributed by atoms with van der Waals surface area (Å²) in [5, 5.41) is 6.05. The average molecular weight is 432 g/mol. The number of thiazole rings is 1. The lowest BCUT2D eigenvalue weighted by Gasteiger charge is -2.07. The van der Waals surface area contributed by atoms with E-state index in [1.165, 1.54) is 11.3 Å². The van der Waals surface area contributed by atoms with Gasteiger partial charge in [-0.25, -0.2) is 4.98 Å². The first-order valence-corrected chi connectivity index (χ1v) is 9.57. The second-order valence-corrected chi connectivity index (χ2v) is 7.97. The van der Waals surface area contributed by atoms with E-state index in [1.807, 2.05) is 55.5 Å². The lowest BCUT2D eigenvalue weighted by atomic mass is 10.0. The highest BCUT2D eigenvalue weighted by Gasteiger charge is 2.14. The van der Waals surface area contributed by atoms with Gasteiger partial charge in [0.25, 0.3) is 5.91 Å². The van der Waals surface area contributed by atoms with Gasteiger partial charge in [0.1, 0.15) is 0 Å². The number of aryl methyl sites for hydroxylation is 1. The van der Waals surface area contributed by atoms with Crippen LogP contribution in [0.2, 0.25) is 5.02 Å². The third-order valence-electron chi connectivity index (χ3n) is 4.00. The quantitative estimate of drug-likeness (QED) is 0.397. The van der Waals surface area contributed by atoms with Crippen molar-refractivity contribution in [3.63, 3.8) is 0 Å². The molecule has 0 unspecified atom stereocenters. The van der Waals surface area contributed by atoms with Crippen molar-refractivity contribution in [2.75, 3.05) is 5.32 Å². The van der Waals surface area contributed by atoms with Crippen molar-refractivity contribution in [2.45, 2.75) is 6.92 Å². The van der Waals surface area contributed by atoms with Gasteiger partial charge in [0.2, 0.25) is 0 Å². The van der Waals surface area contributed by atoms with Crippen LogP contribution in [0.4, 0.5) is 5.13 Å². The molecule has 0 saturated carbocycles. The Labute approximate surface area is 161 Å². The average Bonchev–Trinajstić information content (AvgIpc) is 2.96. The van der Waals surface area contributed by atoms with E-state index in [-0.39, 0.29) is 5.91 Å². The number of hydrogen-bond donors (Lipinski definition) is 1. The third-order valence-corrected chi connectivity index (χ3v) is 6.04. The van der Waals surface area contributed by atoms with E-state index in [2.05, 4.69) is 26.2 Å². The molecule has 3 nitrogen and oxygen atoms in total. The van der Waals surface area contributed by atoms with Crippen molar-refractivity contribution in [3.8, 4) is 0 Å². The second-order valence-electron chi connectivity index (χ2n) is 5.68. The summed E-state index contributed by atoms with van der Waals surface area (Å²) in [5.41, 5.74) is 2.40. The molecule has 4 rings (SSSR count). The first kappa shape index (κ1) is 16.5. The number of rotatable bonds is 2. The largest absolute Gasteiger partial charge is 0.298 e. The molecule has 0 spiro atoms. The SMILES string of the molecule is Cc1cc2sc(NC(=O)c3cccc4c(Br)cccc34)nc2cc1Cl. The van der Waals surface area contributed by atoms with Crippen molar-refractivity contribution in [1.29, 1.82) is 0 Å². The highest BCUT2D eigenvalue weighted by Crippen LogP contribution is 2.31. The number of amides is 1. The van der Waals surface area contributed by atoms with Gasteiger partial charge in [-0.15, -0.1) is 0 Å². The molecule has 6 heteroatoms. The summed E-state index contributed by atoms with van der Waals surface area (Å²) in [5.74, 6) is -0.175. The Kier molecular flexibility index (Phi) is 4.23. The van der Waals surface area contributed by atoms with Crippen LogP contribution in [0.1, 0.15) is 15.9 Å². The molecule has 0 aliphatic rings. The zero-order valence-electron chi connectivity index (χ0n) is 13.1. The maximum Gasteiger partial charge on any atom is 0.258 e. The summed E-state index contributed by atoms with van der Waals surface area (Å²) in [6.45, 7) is 1.95. The Morgan fingerprint density at radius 3 is 2.76 bits per heavy atom. The Balaban J connectivity index is 1.72. The number of fused-ring (bicyclic) bond motifs is 2. The summed E-state index contributed by atoms with van der Waals surface area (Å²) in [4.78, 5) is 17.2. The van der Waals surface area contributed by atoms with Gasteiger partial charge >= 0.3 is 0 Å². The minimum absolute atomic E-state index is 0.175. The molecule has 1 aromatic heterocycles. The van der Waals surface area contributed by atoms with Crippen molar-refractivity contribution in [3.05, 3.63) is 69.2 Å². The van der Waals surface area contributed by atoms with Crippen LogP contribution in [0.3, 0.4) is 0 Å². The molecule has 0 atom stereocenters. The molecule has 124 valence electrons. The van der Waals surface area contributed by atoms with Gasteiger partial charge in [-0.05, 0) is 47.5 Å². The molecule has 1 amide bonds. The van der Waals surface area contributed by atoms with Gasteiger partial charge < -0.3 is 0 Å². The number of nitrogens with one attached hydrogen (secondary N) is 1. The minimum Gasteiger partial charge on any atom is -0.298 e. The van der Waals surface area contributed by atoms with E-state index < -0.39 is 0 Å². The lowest BCUT2D eigenvalue weighted by Crippen LogP contribution is -2.12. The van der Waals surface area contributed by atoms with Crippen LogP contribution < -0.4 is 5.32 Å². The molecule has 0 radical (unpaired) electrons. The first-order valence-electron chi connectivity index (χ1n) is 7.58. The predicted molar refractivity (Wildman–Crippen MR) is 109 cm³/mol. The molecule has 1 heterocycles. The van der Waals surface area contributed by atoms with E-state index in [0.29, 0.717) is 15.7 Å². The van der Waals surface area contributed by atoms with Gasteiger partial charge in [-0.1, -0.05) is 63.1 Å². The fraction of sp³-hybridized carbons (Fsp3) is 0.0526. The van der Waals surface area contributed by atoms with Crippen LogP contribution in [0, 0.1) is 6.92 Å². The number of carbonyl (C=O) groups is 1. The molecule has 25 heavy (non-hydrogen) atoms. The molecular weight excluding hydrogens is 420 g/mol. The first-order chi connectivity index (χ1) is 12.0. The highest BCUT2D eigenvalue weighted by molar-refractivity contribution is 9.10. The topological polar surface area (TPSA) is 42.0 Å². The zero-order valence-corrected chi connectivity index (χ0v) is 16.3. The Bertz CT molecular complexity index is 1100. The molecule has 1 N–H and O–H groups in total. The molecule has 0 aliphatic carbocycles. The minimum atomic E-state index is -0.175. The monoisotopic (exact) mass is 430 g/mol.